The molecule has 0 aromatic heterocycles. The Morgan fingerprint density at radius 1 is 1.38 bits per heavy atom. The van der Waals surface area contributed by atoms with Crippen molar-refractivity contribution in [2.24, 2.45) is 10.9 Å². The average Bonchev–Trinajstić information content (AvgIpc) is 2.61. The van der Waals surface area contributed by atoms with Crippen molar-refractivity contribution in [1.82, 2.24) is 0 Å². The second kappa shape index (κ2) is 3.59. The number of anilines is 1. The van der Waals surface area contributed by atoms with Crippen molar-refractivity contribution in [3.05, 3.63) is 41.6 Å². The minimum absolute atomic E-state index is 0.157. The van der Waals surface area contributed by atoms with Crippen LogP contribution in [-0.4, -0.2) is 12.1 Å². The monoisotopic (exact) mass is 212 g/mol. The van der Waals surface area contributed by atoms with Gasteiger partial charge in [0, 0.05) is 23.4 Å². The summed E-state index contributed by atoms with van der Waals surface area (Å²) in [6.45, 7) is 0. The van der Waals surface area contributed by atoms with Gasteiger partial charge in [0.2, 0.25) is 0 Å². The number of amidine groups is 1. The Labute approximate surface area is 93.9 Å². The average molecular weight is 212 g/mol. The lowest BCUT2D eigenvalue weighted by Crippen LogP contribution is -2.20. The third-order valence-corrected chi connectivity index (χ3v) is 3.20. The predicted octanol–water partition coefficient (Wildman–Crippen LogP) is 2.16. The first-order valence-electron chi connectivity index (χ1n) is 5.46. The first-order chi connectivity index (χ1) is 7.88. The van der Waals surface area contributed by atoms with E-state index in [0.717, 1.165) is 36.2 Å². The van der Waals surface area contributed by atoms with E-state index in [2.05, 4.69) is 22.4 Å². The number of nitrogens with zero attached hydrogens (tertiary/aromatic N) is 1. The molecule has 16 heavy (non-hydrogen) atoms. The molecule has 0 bridgehead atoms. The number of carbonyl (C=O) groups is 1. The number of para-hydroxylation sites is 1. The molecule has 2 heterocycles. The summed E-state index contributed by atoms with van der Waals surface area (Å²) < 4.78 is 0. The molecule has 3 heteroatoms. The van der Waals surface area contributed by atoms with Gasteiger partial charge in [-0.2, -0.15) is 0 Å². The molecular weight excluding hydrogens is 200 g/mol. The van der Waals surface area contributed by atoms with E-state index in [0.29, 0.717) is 0 Å². The second-order valence-corrected chi connectivity index (χ2v) is 4.13. The molecule has 3 nitrogen and oxygen atoms in total. The first-order valence-corrected chi connectivity index (χ1v) is 5.46. The largest absolute Gasteiger partial charge is 0.343 e. The van der Waals surface area contributed by atoms with Crippen LogP contribution in [0.1, 0.15) is 12.0 Å². The smallest absolute Gasteiger partial charge is 0.148 e. The standard InChI is InChI=1S/C13H12N2O/c16-8-10-7-14-13-11(10)6-5-9-3-1-2-4-12(9)15-13/h1-4,7-8,11H,5-6H2,(H,14,15). The van der Waals surface area contributed by atoms with Gasteiger partial charge in [0.15, 0.2) is 0 Å². The normalized spacial score (nSPS) is 22.1. The molecule has 0 spiro atoms. The summed E-state index contributed by atoms with van der Waals surface area (Å²) in [7, 11) is 0. The third-order valence-electron chi connectivity index (χ3n) is 3.20. The molecule has 1 unspecified atom stereocenters. The Bertz CT molecular complexity index is 502. The zero-order valence-electron chi connectivity index (χ0n) is 8.81. The summed E-state index contributed by atoms with van der Waals surface area (Å²) in [5, 5.41) is 3.32. The summed E-state index contributed by atoms with van der Waals surface area (Å²) in [4.78, 5) is 15.2. The van der Waals surface area contributed by atoms with Crippen LogP contribution in [0.15, 0.2) is 41.0 Å². The zero-order chi connectivity index (χ0) is 11.0. The quantitative estimate of drug-likeness (QED) is 0.725. The van der Waals surface area contributed by atoms with Crippen LogP contribution in [0, 0.1) is 5.92 Å². The molecule has 0 fully saturated rings. The predicted molar refractivity (Wildman–Crippen MR) is 63.5 cm³/mol. The molecule has 0 saturated carbocycles. The minimum Gasteiger partial charge on any atom is -0.343 e. The van der Waals surface area contributed by atoms with Crippen LogP contribution in [0.4, 0.5) is 5.69 Å². The molecule has 1 atom stereocenters. The number of aliphatic imine (C=N–C) groups is 1. The van der Waals surface area contributed by atoms with Gasteiger partial charge in [-0.25, -0.2) is 4.99 Å². The maximum absolute atomic E-state index is 10.9. The van der Waals surface area contributed by atoms with Crippen molar-refractivity contribution in [3.63, 3.8) is 0 Å². The lowest BCUT2D eigenvalue weighted by atomic mass is 9.95. The Morgan fingerprint density at radius 2 is 2.25 bits per heavy atom. The van der Waals surface area contributed by atoms with Crippen molar-refractivity contribution in [2.45, 2.75) is 12.8 Å². The highest BCUT2D eigenvalue weighted by Crippen LogP contribution is 2.30. The van der Waals surface area contributed by atoms with E-state index in [4.69, 9.17) is 0 Å². The summed E-state index contributed by atoms with van der Waals surface area (Å²) >= 11 is 0. The highest BCUT2D eigenvalue weighted by Gasteiger charge is 2.27. The molecule has 0 radical (unpaired) electrons. The van der Waals surface area contributed by atoms with E-state index < -0.39 is 0 Å². The van der Waals surface area contributed by atoms with Crippen LogP contribution in [0.2, 0.25) is 0 Å². The Kier molecular flexibility index (Phi) is 2.10. The number of rotatable bonds is 1. The van der Waals surface area contributed by atoms with Crippen LogP contribution in [0.25, 0.3) is 0 Å². The lowest BCUT2D eigenvalue weighted by molar-refractivity contribution is -0.105. The second-order valence-electron chi connectivity index (χ2n) is 4.13. The van der Waals surface area contributed by atoms with Gasteiger partial charge in [0.05, 0.1) is 0 Å². The molecule has 1 aromatic rings. The first kappa shape index (κ1) is 9.33. The highest BCUT2D eigenvalue weighted by molar-refractivity contribution is 6.05. The Hall–Kier alpha value is -1.90. The number of fused-ring (bicyclic) bond motifs is 2. The Morgan fingerprint density at radius 3 is 3.12 bits per heavy atom. The third kappa shape index (κ3) is 1.36. The summed E-state index contributed by atoms with van der Waals surface area (Å²) in [6.07, 6.45) is 4.53. The summed E-state index contributed by atoms with van der Waals surface area (Å²) in [5.74, 6) is 1.07. The van der Waals surface area contributed by atoms with E-state index in [9.17, 15) is 4.79 Å². The molecule has 0 amide bonds. The van der Waals surface area contributed by atoms with Crippen molar-refractivity contribution < 1.29 is 4.79 Å². The van der Waals surface area contributed by atoms with Gasteiger partial charge in [-0.05, 0) is 24.5 Å². The van der Waals surface area contributed by atoms with Crippen LogP contribution in [0.3, 0.4) is 0 Å². The van der Waals surface area contributed by atoms with E-state index >= 15 is 0 Å². The summed E-state index contributed by atoms with van der Waals surface area (Å²) in [5.41, 5.74) is 3.20. The maximum Gasteiger partial charge on any atom is 0.148 e. The Balaban J connectivity index is 1.96. The number of aldehydes is 1. The van der Waals surface area contributed by atoms with Gasteiger partial charge < -0.3 is 5.32 Å². The molecule has 2 aliphatic heterocycles. The summed E-state index contributed by atoms with van der Waals surface area (Å²) in [6, 6.07) is 8.23. The van der Waals surface area contributed by atoms with E-state index in [-0.39, 0.29) is 5.92 Å². The topological polar surface area (TPSA) is 41.5 Å². The molecule has 80 valence electrons. The van der Waals surface area contributed by atoms with E-state index in [1.807, 2.05) is 12.1 Å². The number of hydrogen-bond donors (Lipinski definition) is 1. The van der Waals surface area contributed by atoms with Gasteiger partial charge in [0.25, 0.3) is 0 Å². The number of nitrogens with one attached hydrogen (secondary N) is 1. The minimum atomic E-state index is 0.157. The van der Waals surface area contributed by atoms with Gasteiger partial charge >= 0.3 is 0 Å². The van der Waals surface area contributed by atoms with Crippen molar-refractivity contribution in [2.75, 3.05) is 5.32 Å². The molecule has 3 rings (SSSR count). The van der Waals surface area contributed by atoms with E-state index in [1.54, 1.807) is 6.20 Å². The van der Waals surface area contributed by atoms with Gasteiger partial charge in [-0.1, -0.05) is 18.2 Å². The SMILES string of the molecule is O=CC1=CN=C2Nc3ccccc3CCC12. The highest BCUT2D eigenvalue weighted by atomic mass is 16.1. The van der Waals surface area contributed by atoms with Crippen molar-refractivity contribution in [3.8, 4) is 0 Å². The van der Waals surface area contributed by atoms with Crippen LogP contribution < -0.4 is 5.32 Å². The lowest BCUT2D eigenvalue weighted by Gasteiger charge is -2.11. The fourth-order valence-electron chi connectivity index (χ4n) is 2.32. The zero-order valence-corrected chi connectivity index (χ0v) is 8.81. The molecule has 1 N–H and O–H groups in total. The van der Waals surface area contributed by atoms with Crippen molar-refractivity contribution >= 4 is 17.8 Å². The molecular formula is C13H12N2O. The molecule has 0 saturated heterocycles. The molecule has 0 aliphatic carbocycles. The molecule has 2 aliphatic rings. The van der Waals surface area contributed by atoms with Crippen LogP contribution >= 0.6 is 0 Å². The number of hydrogen-bond acceptors (Lipinski definition) is 3. The van der Waals surface area contributed by atoms with Gasteiger partial charge in [-0.15, -0.1) is 0 Å². The van der Waals surface area contributed by atoms with Gasteiger partial charge in [0.1, 0.15) is 12.1 Å². The molecule has 1 aromatic carbocycles. The number of benzene rings is 1. The van der Waals surface area contributed by atoms with Gasteiger partial charge in [-0.3, -0.25) is 4.79 Å². The number of carbonyl (C=O) groups excluding carboxylic acids is 1. The van der Waals surface area contributed by atoms with E-state index in [1.165, 1.54) is 5.56 Å². The van der Waals surface area contributed by atoms with Crippen LogP contribution in [-0.2, 0) is 11.2 Å². The number of aryl methyl sites for hydroxylation is 1. The van der Waals surface area contributed by atoms with Crippen molar-refractivity contribution in [1.29, 1.82) is 0 Å². The van der Waals surface area contributed by atoms with Crippen LogP contribution in [0.5, 0.6) is 0 Å². The fourth-order valence-corrected chi connectivity index (χ4v) is 2.32. The maximum atomic E-state index is 10.9. The fraction of sp³-hybridized carbons (Fsp3) is 0.231.